The number of hydrogen-bond acceptors (Lipinski definition) is 3. The Morgan fingerprint density at radius 2 is 2.06 bits per heavy atom. The minimum atomic E-state index is 0.629. The van der Waals surface area contributed by atoms with Crippen molar-refractivity contribution in [3.05, 3.63) is 17.8 Å². The summed E-state index contributed by atoms with van der Waals surface area (Å²) in [4.78, 5) is 6.98. The minimum absolute atomic E-state index is 0.629. The lowest BCUT2D eigenvalue weighted by molar-refractivity contribution is 0.532. The quantitative estimate of drug-likeness (QED) is 0.887. The third-order valence-corrected chi connectivity index (χ3v) is 3.79. The van der Waals surface area contributed by atoms with Gasteiger partial charge in [0.2, 0.25) is 0 Å². The highest BCUT2D eigenvalue weighted by Gasteiger charge is 2.25. The largest absolute Gasteiger partial charge is 0.396 e. The van der Waals surface area contributed by atoms with Crippen molar-refractivity contribution in [1.29, 1.82) is 0 Å². The summed E-state index contributed by atoms with van der Waals surface area (Å²) in [6.45, 7) is 7.62. The number of hydrogen-bond donors (Lipinski definition) is 1. The van der Waals surface area contributed by atoms with Crippen LogP contribution >= 0.6 is 0 Å². The fourth-order valence-electron chi connectivity index (χ4n) is 2.80. The van der Waals surface area contributed by atoms with Crippen LogP contribution in [0.15, 0.2) is 12.3 Å². The summed E-state index contributed by atoms with van der Waals surface area (Å²) in [5, 5.41) is 0. The van der Waals surface area contributed by atoms with E-state index in [1.54, 1.807) is 0 Å². The van der Waals surface area contributed by atoms with Gasteiger partial charge in [-0.15, -0.1) is 0 Å². The van der Waals surface area contributed by atoms with Crippen LogP contribution in [0.3, 0.4) is 0 Å². The van der Waals surface area contributed by atoms with E-state index in [4.69, 9.17) is 5.73 Å². The SMILES string of the molecule is Cc1ccnc(N(CC(C)C)C2CCCC2)c1N. The Hall–Kier alpha value is -1.25. The smallest absolute Gasteiger partial charge is 0.152 e. The summed E-state index contributed by atoms with van der Waals surface area (Å²) in [7, 11) is 0. The topological polar surface area (TPSA) is 42.2 Å². The molecule has 0 unspecified atom stereocenters. The molecule has 1 aliphatic carbocycles. The van der Waals surface area contributed by atoms with Crippen molar-refractivity contribution in [2.24, 2.45) is 5.92 Å². The second-order valence-electron chi connectivity index (χ2n) is 5.85. The molecule has 1 heterocycles. The Morgan fingerprint density at radius 1 is 1.39 bits per heavy atom. The first-order valence-electron chi connectivity index (χ1n) is 7.07. The van der Waals surface area contributed by atoms with Gasteiger partial charge in [0, 0.05) is 18.8 Å². The molecule has 0 atom stereocenters. The molecule has 1 aromatic heterocycles. The van der Waals surface area contributed by atoms with E-state index in [1.165, 1.54) is 25.7 Å². The average Bonchev–Trinajstić information content (AvgIpc) is 2.83. The average molecular weight is 247 g/mol. The van der Waals surface area contributed by atoms with Gasteiger partial charge >= 0.3 is 0 Å². The highest BCUT2D eigenvalue weighted by Crippen LogP contribution is 2.32. The number of aromatic nitrogens is 1. The summed E-state index contributed by atoms with van der Waals surface area (Å²) >= 11 is 0. The van der Waals surface area contributed by atoms with Gasteiger partial charge in [-0.2, -0.15) is 0 Å². The lowest BCUT2D eigenvalue weighted by atomic mass is 10.1. The molecule has 3 nitrogen and oxygen atoms in total. The van der Waals surface area contributed by atoms with E-state index in [0.717, 1.165) is 23.6 Å². The molecule has 0 amide bonds. The number of pyridine rings is 1. The van der Waals surface area contributed by atoms with Gasteiger partial charge in [-0.25, -0.2) is 4.98 Å². The molecular formula is C15H25N3. The molecule has 1 aliphatic rings. The number of anilines is 2. The molecule has 2 rings (SSSR count). The van der Waals surface area contributed by atoms with E-state index in [-0.39, 0.29) is 0 Å². The van der Waals surface area contributed by atoms with Crippen LogP contribution in [0.1, 0.15) is 45.1 Å². The van der Waals surface area contributed by atoms with Crippen molar-refractivity contribution in [2.45, 2.75) is 52.5 Å². The van der Waals surface area contributed by atoms with Crippen molar-refractivity contribution >= 4 is 11.5 Å². The fourth-order valence-corrected chi connectivity index (χ4v) is 2.80. The van der Waals surface area contributed by atoms with E-state index < -0.39 is 0 Å². The maximum absolute atomic E-state index is 6.22. The second kappa shape index (κ2) is 5.59. The molecular weight excluding hydrogens is 222 g/mol. The van der Waals surface area contributed by atoms with Crippen molar-refractivity contribution < 1.29 is 0 Å². The summed E-state index contributed by atoms with van der Waals surface area (Å²) in [6.07, 6.45) is 7.11. The van der Waals surface area contributed by atoms with Crippen molar-refractivity contribution in [2.75, 3.05) is 17.2 Å². The maximum Gasteiger partial charge on any atom is 0.152 e. The fraction of sp³-hybridized carbons (Fsp3) is 0.667. The van der Waals surface area contributed by atoms with Crippen molar-refractivity contribution in [3.63, 3.8) is 0 Å². The van der Waals surface area contributed by atoms with E-state index >= 15 is 0 Å². The summed E-state index contributed by atoms with van der Waals surface area (Å²) in [5.41, 5.74) is 8.21. The Morgan fingerprint density at radius 3 is 2.67 bits per heavy atom. The third kappa shape index (κ3) is 2.77. The Labute approximate surface area is 110 Å². The van der Waals surface area contributed by atoms with Crippen LogP contribution in [-0.4, -0.2) is 17.6 Å². The van der Waals surface area contributed by atoms with Crippen LogP contribution in [0.4, 0.5) is 11.5 Å². The standard InChI is InChI=1S/C15H25N3/c1-11(2)10-18(13-6-4-5-7-13)15-14(16)12(3)8-9-17-15/h8-9,11,13H,4-7,10,16H2,1-3H3. The Kier molecular flexibility index (Phi) is 4.10. The van der Waals surface area contributed by atoms with E-state index in [0.29, 0.717) is 12.0 Å². The predicted octanol–water partition coefficient (Wildman–Crippen LogP) is 3.38. The summed E-state index contributed by atoms with van der Waals surface area (Å²) in [6, 6.07) is 2.62. The second-order valence-corrected chi connectivity index (χ2v) is 5.85. The van der Waals surface area contributed by atoms with E-state index in [9.17, 15) is 0 Å². The van der Waals surface area contributed by atoms with Crippen molar-refractivity contribution in [1.82, 2.24) is 4.98 Å². The van der Waals surface area contributed by atoms with Gasteiger partial charge in [-0.05, 0) is 37.3 Å². The van der Waals surface area contributed by atoms with Crippen LogP contribution in [0.25, 0.3) is 0 Å². The number of rotatable bonds is 4. The van der Waals surface area contributed by atoms with Crippen LogP contribution in [0.2, 0.25) is 0 Å². The van der Waals surface area contributed by atoms with Gasteiger partial charge in [0.25, 0.3) is 0 Å². The predicted molar refractivity (Wildman–Crippen MR) is 77.8 cm³/mol. The van der Waals surface area contributed by atoms with Crippen LogP contribution in [0, 0.1) is 12.8 Å². The maximum atomic E-state index is 6.22. The van der Waals surface area contributed by atoms with E-state index in [2.05, 4.69) is 30.7 Å². The molecule has 2 N–H and O–H groups in total. The number of nitrogens with zero attached hydrogens (tertiary/aromatic N) is 2. The first-order valence-corrected chi connectivity index (χ1v) is 7.07. The molecule has 1 aromatic rings. The first kappa shape index (κ1) is 13.2. The monoisotopic (exact) mass is 247 g/mol. The molecule has 0 radical (unpaired) electrons. The molecule has 100 valence electrons. The van der Waals surface area contributed by atoms with Gasteiger partial charge < -0.3 is 10.6 Å². The van der Waals surface area contributed by atoms with Gasteiger partial charge in [-0.3, -0.25) is 0 Å². The molecule has 3 heteroatoms. The van der Waals surface area contributed by atoms with Gasteiger partial charge in [0.05, 0.1) is 5.69 Å². The molecule has 18 heavy (non-hydrogen) atoms. The van der Waals surface area contributed by atoms with Crippen LogP contribution in [-0.2, 0) is 0 Å². The van der Waals surface area contributed by atoms with E-state index in [1.807, 2.05) is 12.3 Å². The summed E-state index contributed by atoms with van der Waals surface area (Å²) in [5.74, 6) is 1.63. The molecule has 1 saturated carbocycles. The van der Waals surface area contributed by atoms with Crippen LogP contribution < -0.4 is 10.6 Å². The molecule has 0 spiro atoms. The molecule has 0 bridgehead atoms. The Balaban J connectivity index is 2.29. The zero-order valence-corrected chi connectivity index (χ0v) is 11.8. The lowest BCUT2D eigenvalue weighted by Gasteiger charge is -2.32. The zero-order valence-electron chi connectivity index (χ0n) is 11.8. The zero-order chi connectivity index (χ0) is 13.1. The first-order chi connectivity index (χ1) is 8.59. The van der Waals surface area contributed by atoms with Crippen LogP contribution in [0.5, 0.6) is 0 Å². The lowest BCUT2D eigenvalue weighted by Crippen LogP contribution is -2.37. The van der Waals surface area contributed by atoms with Gasteiger partial charge in [-0.1, -0.05) is 26.7 Å². The minimum Gasteiger partial charge on any atom is -0.396 e. The molecule has 0 aliphatic heterocycles. The highest BCUT2D eigenvalue weighted by molar-refractivity contribution is 5.66. The Bertz CT molecular complexity index is 395. The molecule has 0 saturated heterocycles. The van der Waals surface area contributed by atoms with Gasteiger partial charge in [0.15, 0.2) is 5.82 Å². The van der Waals surface area contributed by atoms with Crippen molar-refractivity contribution in [3.8, 4) is 0 Å². The number of aryl methyl sites for hydroxylation is 1. The number of nitrogens with two attached hydrogens (primary N) is 1. The highest BCUT2D eigenvalue weighted by atomic mass is 15.2. The third-order valence-electron chi connectivity index (χ3n) is 3.79. The molecule has 0 aromatic carbocycles. The molecule has 1 fully saturated rings. The number of nitrogen functional groups attached to an aromatic ring is 1. The normalized spacial score (nSPS) is 16.4. The summed E-state index contributed by atoms with van der Waals surface area (Å²) < 4.78 is 0. The van der Waals surface area contributed by atoms with Gasteiger partial charge in [0.1, 0.15) is 0 Å².